The molecule has 33 heavy (non-hydrogen) atoms. The first-order valence-corrected chi connectivity index (χ1v) is 14.3. The van der Waals surface area contributed by atoms with Crippen molar-refractivity contribution in [2.45, 2.75) is 44.7 Å². The van der Waals surface area contributed by atoms with Gasteiger partial charge in [0.05, 0.1) is 0 Å². The summed E-state index contributed by atoms with van der Waals surface area (Å²) in [5, 5.41) is 0.416. The molecule has 5 rings (SSSR count). The Morgan fingerprint density at radius 3 is 2.55 bits per heavy atom. The summed E-state index contributed by atoms with van der Waals surface area (Å²) in [5.41, 5.74) is 8.29. The summed E-state index contributed by atoms with van der Waals surface area (Å²) in [6.45, 7) is 2.27. The van der Waals surface area contributed by atoms with Gasteiger partial charge < -0.3 is 4.57 Å². The van der Waals surface area contributed by atoms with Gasteiger partial charge in [0.15, 0.2) is 0 Å². The van der Waals surface area contributed by atoms with Crippen molar-refractivity contribution in [3.8, 4) is 0 Å². The van der Waals surface area contributed by atoms with Crippen LogP contribution in [0.5, 0.6) is 0 Å². The van der Waals surface area contributed by atoms with Crippen molar-refractivity contribution in [3.63, 3.8) is 0 Å². The van der Waals surface area contributed by atoms with Crippen molar-refractivity contribution in [2.75, 3.05) is 25.4 Å². The van der Waals surface area contributed by atoms with Crippen LogP contribution in [0, 0.1) is 17.7 Å². The Kier molecular flexibility index (Phi) is 6.69. The van der Waals surface area contributed by atoms with Gasteiger partial charge in [0.2, 0.25) is 5.91 Å². The smallest absolute Gasteiger partial charge is 0.237 e. The molecule has 2 N–H and O–H groups in total. The molecule has 2 heterocycles. The zero-order chi connectivity index (χ0) is 22.8. The second kappa shape index (κ2) is 9.69. The van der Waals surface area contributed by atoms with E-state index in [1.54, 1.807) is 0 Å². The third-order valence-electron chi connectivity index (χ3n) is 7.76. The SMILES string of the molecule is O=C1NNC(Cc2ccc(F)c(P3(=O)CCN(Cc4ccccc4)CC3)c2)C2CCCCC12. The molecule has 1 aliphatic carbocycles. The van der Waals surface area contributed by atoms with E-state index in [-0.39, 0.29) is 23.7 Å². The van der Waals surface area contributed by atoms with Crippen LogP contribution >= 0.6 is 7.14 Å². The first kappa shape index (κ1) is 22.8. The van der Waals surface area contributed by atoms with Gasteiger partial charge in [-0.25, -0.2) is 9.82 Å². The van der Waals surface area contributed by atoms with Crippen LogP contribution in [0.4, 0.5) is 4.39 Å². The fourth-order valence-corrected chi connectivity index (χ4v) is 8.64. The lowest BCUT2D eigenvalue weighted by Gasteiger charge is -2.41. The number of halogens is 1. The number of hydrogen-bond acceptors (Lipinski definition) is 4. The largest absolute Gasteiger partial charge is 0.318 e. The molecule has 0 radical (unpaired) electrons. The Morgan fingerprint density at radius 2 is 1.76 bits per heavy atom. The van der Waals surface area contributed by atoms with Crippen LogP contribution in [0.3, 0.4) is 0 Å². The molecular formula is C26H33FN3O2P. The van der Waals surface area contributed by atoms with Crippen LogP contribution in [0.2, 0.25) is 0 Å². The van der Waals surface area contributed by atoms with Gasteiger partial charge in [-0.2, -0.15) is 0 Å². The zero-order valence-corrected chi connectivity index (χ0v) is 19.9. The number of carbonyl (C=O) groups is 1. The molecule has 2 aliphatic heterocycles. The molecule has 2 aromatic carbocycles. The Labute approximate surface area is 195 Å². The van der Waals surface area contributed by atoms with E-state index in [0.29, 0.717) is 30.0 Å². The number of nitrogens with zero attached hydrogens (tertiary/aromatic N) is 1. The summed E-state index contributed by atoms with van der Waals surface area (Å²) in [6, 6.07) is 15.6. The summed E-state index contributed by atoms with van der Waals surface area (Å²) in [7, 11) is -2.77. The molecule has 7 heteroatoms. The third kappa shape index (κ3) is 4.94. The van der Waals surface area contributed by atoms with Crippen LogP contribution < -0.4 is 16.2 Å². The van der Waals surface area contributed by atoms with E-state index >= 15 is 0 Å². The van der Waals surface area contributed by atoms with Gasteiger partial charge in [-0.1, -0.05) is 49.2 Å². The molecule has 0 spiro atoms. The van der Waals surface area contributed by atoms with Crippen molar-refractivity contribution in [1.29, 1.82) is 0 Å². The summed E-state index contributed by atoms with van der Waals surface area (Å²) in [5.74, 6) is 0.122. The number of carbonyl (C=O) groups excluding carboxylic acids is 1. The van der Waals surface area contributed by atoms with Crippen LogP contribution in [0.1, 0.15) is 36.8 Å². The minimum Gasteiger partial charge on any atom is -0.318 e. The van der Waals surface area contributed by atoms with Gasteiger partial charge in [0.1, 0.15) is 13.0 Å². The Balaban J connectivity index is 1.28. The summed E-state index contributed by atoms with van der Waals surface area (Å²) < 4.78 is 28.7. The van der Waals surface area contributed by atoms with E-state index in [4.69, 9.17) is 0 Å². The first-order valence-electron chi connectivity index (χ1n) is 12.2. The number of amides is 1. The number of rotatable bonds is 5. The average Bonchev–Trinajstić information content (AvgIpc) is 2.84. The summed E-state index contributed by atoms with van der Waals surface area (Å²) in [6.07, 6.45) is 5.97. The predicted molar refractivity (Wildman–Crippen MR) is 129 cm³/mol. The van der Waals surface area contributed by atoms with E-state index in [2.05, 4.69) is 27.9 Å². The second-order valence-electron chi connectivity index (χ2n) is 9.88. The molecule has 3 fully saturated rings. The van der Waals surface area contributed by atoms with E-state index < -0.39 is 7.14 Å². The third-order valence-corrected chi connectivity index (χ3v) is 10.8. The van der Waals surface area contributed by atoms with E-state index in [1.165, 1.54) is 11.6 Å². The number of hydrazine groups is 1. The summed E-state index contributed by atoms with van der Waals surface area (Å²) in [4.78, 5) is 14.6. The van der Waals surface area contributed by atoms with E-state index in [0.717, 1.165) is 50.9 Å². The van der Waals surface area contributed by atoms with Crippen LogP contribution in [-0.4, -0.2) is 42.3 Å². The maximum Gasteiger partial charge on any atom is 0.237 e. The number of hydrogen-bond donors (Lipinski definition) is 2. The van der Waals surface area contributed by atoms with Gasteiger partial charge in [-0.15, -0.1) is 0 Å². The Bertz CT molecular complexity index is 1040. The zero-order valence-electron chi connectivity index (χ0n) is 19.0. The lowest BCUT2D eigenvalue weighted by Crippen LogP contribution is -2.60. The molecule has 3 aliphatic rings. The molecule has 176 valence electrons. The lowest BCUT2D eigenvalue weighted by atomic mass is 9.72. The predicted octanol–water partition coefficient (Wildman–Crippen LogP) is 3.68. The molecule has 1 amide bonds. The first-order chi connectivity index (χ1) is 16.0. The summed E-state index contributed by atoms with van der Waals surface area (Å²) >= 11 is 0. The molecular weight excluding hydrogens is 436 g/mol. The molecule has 5 nitrogen and oxygen atoms in total. The van der Waals surface area contributed by atoms with Gasteiger partial charge in [-0.3, -0.25) is 15.1 Å². The van der Waals surface area contributed by atoms with Crippen LogP contribution in [0.15, 0.2) is 48.5 Å². The van der Waals surface area contributed by atoms with Gasteiger partial charge in [0, 0.05) is 49.2 Å². The average molecular weight is 470 g/mol. The molecule has 2 saturated heterocycles. The number of fused-ring (bicyclic) bond motifs is 1. The van der Waals surface area contributed by atoms with E-state index in [9.17, 15) is 13.8 Å². The van der Waals surface area contributed by atoms with Crippen molar-refractivity contribution in [1.82, 2.24) is 15.8 Å². The normalized spacial score (nSPS) is 27.5. The highest BCUT2D eigenvalue weighted by Crippen LogP contribution is 2.47. The van der Waals surface area contributed by atoms with Crippen molar-refractivity contribution in [3.05, 3.63) is 65.5 Å². The fourth-order valence-electron chi connectivity index (χ4n) is 5.85. The van der Waals surface area contributed by atoms with Crippen LogP contribution in [0.25, 0.3) is 0 Å². The quantitative estimate of drug-likeness (QED) is 0.656. The highest BCUT2D eigenvalue weighted by Gasteiger charge is 2.40. The fraction of sp³-hybridized carbons (Fsp3) is 0.500. The van der Waals surface area contributed by atoms with Gasteiger partial charge in [0.25, 0.3) is 0 Å². The van der Waals surface area contributed by atoms with Gasteiger partial charge in [-0.05, 0) is 48.4 Å². The van der Waals surface area contributed by atoms with Crippen molar-refractivity contribution >= 4 is 18.4 Å². The minimum atomic E-state index is -2.77. The molecule has 1 saturated carbocycles. The molecule has 0 aromatic heterocycles. The standard InChI is InChI=1S/C26H33FN3O2P/c27-23-11-10-20(16-24-21-8-4-5-9-22(21)26(31)29-28-24)17-25(23)33(32)14-12-30(13-15-33)18-19-6-2-1-3-7-19/h1-3,6-7,10-11,17,21-22,24,28H,4-5,8-9,12-16,18H2,(H,29,31). The van der Waals surface area contributed by atoms with Crippen molar-refractivity contribution in [2.24, 2.45) is 11.8 Å². The molecule has 2 aromatic rings. The second-order valence-corrected chi connectivity index (χ2v) is 13.0. The Morgan fingerprint density at radius 1 is 1.00 bits per heavy atom. The Hall–Kier alpha value is -2.01. The molecule has 0 bridgehead atoms. The highest BCUT2D eigenvalue weighted by molar-refractivity contribution is 7.71. The van der Waals surface area contributed by atoms with E-state index in [1.807, 2.05) is 30.3 Å². The number of benzene rings is 2. The monoisotopic (exact) mass is 469 g/mol. The maximum absolute atomic E-state index is 14.9. The minimum absolute atomic E-state index is 0.0669. The maximum atomic E-state index is 14.9. The van der Waals surface area contributed by atoms with Crippen molar-refractivity contribution < 1.29 is 13.8 Å². The lowest BCUT2D eigenvalue weighted by molar-refractivity contribution is -0.133. The molecule has 3 atom stereocenters. The number of nitrogens with one attached hydrogen (secondary N) is 2. The topological polar surface area (TPSA) is 61.4 Å². The van der Waals surface area contributed by atoms with Crippen LogP contribution in [-0.2, 0) is 22.3 Å². The molecule has 3 unspecified atom stereocenters. The highest BCUT2D eigenvalue weighted by atomic mass is 31.2. The van der Waals surface area contributed by atoms with Gasteiger partial charge >= 0.3 is 0 Å².